The van der Waals surface area contributed by atoms with Gasteiger partial charge in [0.2, 0.25) is 12.7 Å². The van der Waals surface area contributed by atoms with Gasteiger partial charge in [-0.25, -0.2) is 0 Å². The van der Waals surface area contributed by atoms with Crippen molar-refractivity contribution in [3.63, 3.8) is 0 Å². The molecule has 152 valence electrons. The van der Waals surface area contributed by atoms with Crippen molar-refractivity contribution in [2.45, 2.75) is 38.0 Å². The summed E-state index contributed by atoms with van der Waals surface area (Å²) in [5.41, 5.74) is 4.89. The summed E-state index contributed by atoms with van der Waals surface area (Å²) in [5.74, 6) is 2.01. The zero-order chi connectivity index (χ0) is 20.7. The van der Waals surface area contributed by atoms with Crippen molar-refractivity contribution >= 4 is 11.6 Å². The number of hydrogen-bond acceptors (Lipinski definition) is 3. The fourth-order valence-electron chi connectivity index (χ4n) is 4.05. The van der Waals surface area contributed by atoms with Gasteiger partial charge in [0.25, 0.3) is 0 Å². The fraction of sp³-hybridized carbons (Fsp3) is 0.269. The first-order valence-electron chi connectivity index (χ1n) is 10.5. The molecular formula is C26H25NO3. The van der Waals surface area contributed by atoms with Gasteiger partial charge in [0.1, 0.15) is 0 Å². The maximum atomic E-state index is 13.2. The summed E-state index contributed by atoms with van der Waals surface area (Å²) in [6.07, 6.45) is 1.68. The van der Waals surface area contributed by atoms with Crippen LogP contribution in [-0.4, -0.2) is 12.7 Å². The minimum absolute atomic E-state index is 0.0358. The van der Waals surface area contributed by atoms with Crippen molar-refractivity contribution in [2.24, 2.45) is 0 Å². The molecule has 0 aromatic heterocycles. The van der Waals surface area contributed by atoms with Gasteiger partial charge in [-0.15, -0.1) is 0 Å². The fourth-order valence-corrected chi connectivity index (χ4v) is 4.05. The molecule has 0 saturated heterocycles. The van der Waals surface area contributed by atoms with Crippen LogP contribution in [0.1, 0.15) is 43.7 Å². The van der Waals surface area contributed by atoms with Gasteiger partial charge in [-0.1, -0.05) is 56.3 Å². The molecule has 1 amide bonds. The average molecular weight is 399 g/mol. The smallest absolute Gasteiger partial charge is 0.235 e. The molecule has 1 heterocycles. The van der Waals surface area contributed by atoms with Gasteiger partial charge < -0.3 is 14.8 Å². The molecule has 0 radical (unpaired) electrons. The summed E-state index contributed by atoms with van der Waals surface area (Å²) in [6, 6.07) is 22.5. The highest BCUT2D eigenvalue weighted by Gasteiger charge is 2.51. The van der Waals surface area contributed by atoms with Gasteiger partial charge in [0.05, 0.1) is 5.41 Å². The third-order valence-electron chi connectivity index (χ3n) is 6.14. The maximum absolute atomic E-state index is 13.2. The summed E-state index contributed by atoms with van der Waals surface area (Å²) >= 11 is 0. The highest BCUT2D eigenvalue weighted by Crippen LogP contribution is 2.51. The standard InChI is InChI=1S/C26H25NO3/c1-17(2)18-6-8-19(9-7-18)20-4-3-5-22(14-20)27-25(28)26(12-13-26)21-10-11-23-24(15-21)30-16-29-23/h3-11,14-15,17H,12-13,16H2,1-2H3,(H,27,28). The third kappa shape index (κ3) is 3.32. The van der Waals surface area contributed by atoms with Crippen LogP contribution in [-0.2, 0) is 10.2 Å². The number of nitrogens with one attached hydrogen (secondary N) is 1. The molecule has 1 aliphatic carbocycles. The molecule has 4 heteroatoms. The molecule has 2 aliphatic rings. The van der Waals surface area contributed by atoms with E-state index >= 15 is 0 Å². The summed E-state index contributed by atoms with van der Waals surface area (Å²) < 4.78 is 10.9. The van der Waals surface area contributed by atoms with Crippen molar-refractivity contribution in [1.29, 1.82) is 0 Å². The van der Waals surface area contributed by atoms with Crippen LogP contribution < -0.4 is 14.8 Å². The normalized spacial score (nSPS) is 15.8. The zero-order valence-electron chi connectivity index (χ0n) is 17.3. The summed E-state index contributed by atoms with van der Waals surface area (Å²) in [4.78, 5) is 13.2. The van der Waals surface area contributed by atoms with Crippen LogP contribution in [0.4, 0.5) is 5.69 Å². The van der Waals surface area contributed by atoms with Crippen LogP contribution in [0.15, 0.2) is 66.7 Å². The number of fused-ring (bicyclic) bond motifs is 1. The van der Waals surface area contributed by atoms with Gasteiger partial charge in [0.15, 0.2) is 11.5 Å². The summed E-state index contributed by atoms with van der Waals surface area (Å²) in [5, 5.41) is 3.14. The Morgan fingerprint density at radius 2 is 1.67 bits per heavy atom. The van der Waals surface area contributed by atoms with E-state index in [2.05, 4.69) is 49.5 Å². The number of anilines is 1. The molecule has 1 aliphatic heterocycles. The summed E-state index contributed by atoms with van der Waals surface area (Å²) in [6.45, 7) is 4.63. The number of carbonyl (C=O) groups excluding carboxylic acids is 1. The van der Waals surface area contributed by atoms with E-state index in [1.165, 1.54) is 5.56 Å². The number of benzene rings is 3. The number of amides is 1. The minimum atomic E-state index is -0.476. The number of hydrogen-bond donors (Lipinski definition) is 1. The molecule has 5 rings (SSSR count). The largest absolute Gasteiger partial charge is 0.454 e. The predicted octanol–water partition coefficient (Wildman–Crippen LogP) is 5.88. The lowest BCUT2D eigenvalue weighted by atomic mass is 9.94. The van der Waals surface area contributed by atoms with Crippen molar-refractivity contribution in [1.82, 2.24) is 0 Å². The topological polar surface area (TPSA) is 47.6 Å². The molecule has 4 nitrogen and oxygen atoms in total. The first kappa shape index (κ1) is 18.7. The Morgan fingerprint density at radius 3 is 2.40 bits per heavy atom. The molecule has 1 N–H and O–H groups in total. The molecule has 3 aromatic rings. The molecule has 0 unspecified atom stereocenters. The maximum Gasteiger partial charge on any atom is 0.235 e. The molecule has 1 fully saturated rings. The van der Waals surface area contributed by atoms with Crippen LogP contribution in [0.3, 0.4) is 0 Å². The van der Waals surface area contributed by atoms with Gasteiger partial charge >= 0.3 is 0 Å². The van der Waals surface area contributed by atoms with E-state index in [1.807, 2.05) is 36.4 Å². The van der Waals surface area contributed by atoms with E-state index in [9.17, 15) is 4.79 Å². The van der Waals surface area contributed by atoms with Crippen LogP contribution >= 0.6 is 0 Å². The van der Waals surface area contributed by atoms with Gasteiger partial charge in [-0.2, -0.15) is 0 Å². The van der Waals surface area contributed by atoms with Gasteiger partial charge in [-0.3, -0.25) is 4.79 Å². The summed E-state index contributed by atoms with van der Waals surface area (Å²) in [7, 11) is 0. The second-order valence-electron chi connectivity index (χ2n) is 8.46. The number of carbonyl (C=O) groups is 1. The Kier molecular flexibility index (Phi) is 4.50. The predicted molar refractivity (Wildman–Crippen MR) is 118 cm³/mol. The van der Waals surface area contributed by atoms with E-state index < -0.39 is 5.41 Å². The lowest BCUT2D eigenvalue weighted by Gasteiger charge is -2.17. The average Bonchev–Trinajstić information content (AvgIpc) is 3.45. The third-order valence-corrected chi connectivity index (χ3v) is 6.14. The van der Waals surface area contributed by atoms with E-state index in [1.54, 1.807) is 0 Å². The molecule has 30 heavy (non-hydrogen) atoms. The Labute approximate surface area is 176 Å². The van der Waals surface area contributed by atoms with E-state index in [0.717, 1.165) is 46.7 Å². The highest BCUT2D eigenvalue weighted by atomic mass is 16.7. The molecule has 3 aromatic carbocycles. The van der Waals surface area contributed by atoms with E-state index in [4.69, 9.17) is 9.47 Å². The second-order valence-corrected chi connectivity index (χ2v) is 8.46. The zero-order valence-corrected chi connectivity index (χ0v) is 17.3. The Bertz CT molecular complexity index is 1100. The van der Waals surface area contributed by atoms with Crippen molar-refractivity contribution in [2.75, 3.05) is 12.1 Å². The van der Waals surface area contributed by atoms with Gasteiger partial charge in [-0.05, 0) is 65.3 Å². The Hall–Kier alpha value is -3.27. The first-order chi connectivity index (χ1) is 14.5. The Balaban J connectivity index is 1.36. The van der Waals surface area contributed by atoms with Crippen LogP contribution in [0, 0.1) is 0 Å². The molecule has 1 saturated carbocycles. The van der Waals surface area contributed by atoms with E-state index in [0.29, 0.717) is 5.92 Å². The van der Waals surface area contributed by atoms with Crippen LogP contribution in [0.5, 0.6) is 11.5 Å². The number of ether oxygens (including phenoxy) is 2. The molecule has 0 spiro atoms. The van der Waals surface area contributed by atoms with Gasteiger partial charge in [0, 0.05) is 5.69 Å². The monoisotopic (exact) mass is 399 g/mol. The van der Waals surface area contributed by atoms with E-state index in [-0.39, 0.29) is 12.7 Å². The van der Waals surface area contributed by atoms with Crippen LogP contribution in [0.2, 0.25) is 0 Å². The SMILES string of the molecule is CC(C)c1ccc(-c2cccc(NC(=O)C3(c4ccc5c(c4)OCO5)CC3)c2)cc1. The molecule has 0 atom stereocenters. The first-order valence-corrected chi connectivity index (χ1v) is 10.5. The quantitative estimate of drug-likeness (QED) is 0.583. The lowest BCUT2D eigenvalue weighted by Crippen LogP contribution is -2.27. The Morgan fingerprint density at radius 1 is 0.900 bits per heavy atom. The highest BCUT2D eigenvalue weighted by molar-refractivity contribution is 6.01. The van der Waals surface area contributed by atoms with Crippen molar-refractivity contribution < 1.29 is 14.3 Å². The second kappa shape index (κ2) is 7.21. The molecule has 0 bridgehead atoms. The van der Waals surface area contributed by atoms with Crippen molar-refractivity contribution in [3.8, 4) is 22.6 Å². The minimum Gasteiger partial charge on any atom is -0.454 e. The lowest BCUT2D eigenvalue weighted by molar-refractivity contribution is -0.118. The van der Waals surface area contributed by atoms with Crippen LogP contribution in [0.25, 0.3) is 11.1 Å². The number of rotatable bonds is 5. The molecular weight excluding hydrogens is 374 g/mol. The van der Waals surface area contributed by atoms with Crippen molar-refractivity contribution in [3.05, 3.63) is 77.9 Å².